The van der Waals surface area contributed by atoms with Crippen LogP contribution < -0.4 is 10.6 Å². The second kappa shape index (κ2) is 4.96. The molecule has 0 spiro atoms. The predicted octanol–water partition coefficient (Wildman–Crippen LogP) is 2.63. The van der Waals surface area contributed by atoms with Crippen LogP contribution in [0.25, 0.3) is 0 Å². The highest BCUT2D eigenvalue weighted by atomic mass is 79.9. The molecule has 4 heteroatoms. The molecule has 0 bridgehead atoms. The van der Waals surface area contributed by atoms with Crippen molar-refractivity contribution in [3.8, 4) is 5.75 Å². The molecule has 0 saturated carbocycles. The summed E-state index contributed by atoms with van der Waals surface area (Å²) >= 11 is 3.41. The van der Waals surface area contributed by atoms with Crippen LogP contribution in [-0.2, 0) is 10.3 Å². The molecule has 1 aromatic rings. The minimum atomic E-state index is -0.166. The summed E-state index contributed by atoms with van der Waals surface area (Å²) in [5, 5.41) is 0. The lowest BCUT2D eigenvalue weighted by Crippen LogP contribution is -2.26. The number of rotatable bonds is 4. The molecule has 0 amide bonds. The maximum Gasteiger partial charge on any atom is 0.123 e. The van der Waals surface area contributed by atoms with Crippen molar-refractivity contribution in [2.24, 2.45) is 5.90 Å². The number of benzene rings is 1. The maximum absolute atomic E-state index is 5.33. The molecule has 84 valence electrons. The van der Waals surface area contributed by atoms with E-state index in [1.54, 1.807) is 7.11 Å². The zero-order valence-corrected chi connectivity index (χ0v) is 10.8. The molecule has 0 aliphatic heterocycles. The average Bonchev–Trinajstić information content (AvgIpc) is 2.17. The SMILES string of the molecule is COc1cc(Br)ccc1C(C)(C)CON. The summed E-state index contributed by atoms with van der Waals surface area (Å²) in [7, 11) is 1.66. The average molecular weight is 274 g/mol. The zero-order chi connectivity index (χ0) is 11.5. The van der Waals surface area contributed by atoms with E-state index < -0.39 is 0 Å². The largest absolute Gasteiger partial charge is 0.496 e. The monoisotopic (exact) mass is 273 g/mol. The topological polar surface area (TPSA) is 44.5 Å². The van der Waals surface area contributed by atoms with Crippen LogP contribution in [0.3, 0.4) is 0 Å². The van der Waals surface area contributed by atoms with Gasteiger partial charge in [0.1, 0.15) is 5.75 Å². The van der Waals surface area contributed by atoms with Crippen molar-refractivity contribution in [3.63, 3.8) is 0 Å². The molecule has 0 fully saturated rings. The van der Waals surface area contributed by atoms with Crippen LogP contribution in [0.1, 0.15) is 19.4 Å². The summed E-state index contributed by atoms with van der Waals surface area (Å²) in [6.07, 6.45) is 0. The number of hydrogen-bond acceptors (Lipinski definition) is 3. The minimum Gasteiger partial charge on any atom is -0.496 e. The van der Waals surface area contributed by atoms with Gasteiger partial charge in [-0.15, -0.1) is 0 Å². The first-order chi connectivity index (χ1) is 7.01. The van der Waals surface area contributed by atoms with Crippen LogP contribution in [0, 0.1) is 0 Å². The molecule has 0 aromatic heterocycles. The van der Waals surface area contributed by atoms with Gasteiger partial charge in [-0.2, -0.15) is 0 Å². The van der Waals surface area contributed by atoms with E-state index in [9.17, 15) is 0 Å². The van der Waals surface area contributed by atoms with Gasteiger partial charge in [0.05, 0.1) is 13.7 Å². The van der Waals surface area contributed by atoms with Gasteiger partial charge >= 0.3 is 0 Å². The fraction of sp³-hybridized carbons (Fsp3) is 0.455. The van der Waals surface area contributed by atoms with Gasteiger partial charge < -0.3 is 9.57 Å². The highest BCUT2D eigenvalue weighted by Crippen LogP contribution is 2.33. The van der Waals surface area contributed by atoms with Gasteiger partial charge in [-0.3, -0.25) is 0 Å². The molecule has 1 rings (SSSR count). The molecular formula is C11H16BrNO2. The van der Waals surface area contributed by atoms with E-state index in [0.29, 0.717) is 6.61 Å². The normalized spacial score (nSPS) is 11.5. The summed E-state index contributed by atoms with van der Waals surface area (Å²) in [5.74, 6) is 5.96. The van der Waals surface area contributed by atoms with Gasteiger partial charge in [0, 0.05) is 15.5 Å². The number of nitrogens with two attached hydrogens (primary N) is 1. The smallest absolute Gasteiger partial charge is 0.123 e. The van der Waals surface area contributed by atoms with E-state index in [2.05, 4.69) is 29.8 Å². The van der Waals surface area contributed by atoms with Crippen molar-refractivity contribution in [1.29, 1.82) is 0 Å². The third-order valence-corrected chi connectivity index (χ3v) is 2.83. The number of hydrogen-bond donors (Lipinski definition) is 1. The van der Waals surface area contributed by atoms with Gasteiger partial charge in [-0.05, 0) is 12.1 Å². The Morgan fingerprint density at radius 1 is 1.40 bits per heavy atom. The Morgan fingerprint density at radius 3 is 2.60 bits per heavy atom. The summed E-state index contributed by atoms with van der Waals surface area (Å²) in [4.78, 5) is 4.72. The molecule has 0 radical (unpaired) electrons. The Morgan fingerprint density at radius 2 is 2.07 bits per heavy atom. The molecule has 0 heterocycles. The quantitative estimate of drug-likeness (QED) is 0.858. The lowest BCUT2D eigenvalue weighted by molar-refractivity contribution is 0.0954. The van der Waals surface area contributed by atoms with Gasteiger partial charge in [-0.1, -0.05) is 35.8 Å². The summed E-state index contributed by atoms with van der Waals surface area (Å²) in [5.41, 5.74) is 0.916. The summed E-state index contributed by atoms with van der Waals surface area (Å²) < 4.78 is 6.33. The Bertz CT molecular complexity index is 339. The van der Waals surface area contributed by atoms with Crippen LogP contribution in [0.5, 0.6) is 5.75 Å². The molecule has 0 unspecified atom stereocenters. The molecule has 0 aliphatic rings. The van der Waals surface area contributed by atoms with E-state index in [1.165, 1.54) is 0 Å². The van der Waals surface area contributed by atoms with E-state index in [0.717, 1.165) is 15.8 Å². The summed E-state index contributed by atoms with van der Waals surface area (Å²) in [6.45, 7) is 4.57. The second-order valence-electron chi connectivity index (χ2n) is 4.04. The molecule has 1 aromatic carbocycles. The van der Waals surface area contributed by atoms with Gasteiger partial charge in [0.2, 0.25) is 0 Å². The molecule has 0 atom stereocenters. The third-order valence-electron chi connectivity index (χ3n) is 2.34. The van der Waals surface area contributed by atoms with Crippen LogP contribution in [0.2, 0.25) is 0 Å². The Balaban J connectivity index is 3.12. The van der Waals surface area contributed by atoms with Crippen molar-refractivity contribution >= 4 is 15.9 Å². The number of halogens is 1. The standard InChI is InChI=1S/C11H16BrNO2/c1-11(2,7-15-13)9-5-4-8(12)6-10(9)14-3/h4-6H,7,13H2,1-3H3. The molecule has 0 saturated heterocycles. The molecule has 15 heavy (non-hydrogen) atoms. The zero-order valence-electron chi connectivity index (χ0n) is 9.21. The van der Waals surface area contributed by atoms with Crippen LogP contribution >= 0.6 is 15.9 Å². The Labute approximate surface area is 98.6 Å². The van der Waals surface area contributed by atoms with E-state index >= 15 is 0 Å². The van der Waals surface area contributed by atoms with Crippen molar-refractivity contribution in [3.05, 3.63) is 28.2 Å². The van der Waals surface area contributed by atoms with Crippen molar-refractivity contribution < 1.29 is 9.57 Å². The van der Waals surface area contributed by atoms with Crippen molar-refractivity contribution in [2.45, 2.75) is 19.3 Å². The molecule has 3 nitrogen and oxygen atoms in total. The van der Waals surface area contributed by atoms with Gasteiger partial charge in [0.15, 0.2) is 0 Å². The van der Waals surface area contributed by atoms with Gasteiger partial charge in [0.25, 0.3) is 0 Å². The highest BCUT2D eigenvalue weighted by Gasteiger charge is 2.24. The minimum absolute atomic E-state index is 0.166. The van der Waals surface area contributed by atoms with E-state index in [4.69, 9.17) is 15.5 Å². The maximum atomic E-state index is 5.33. The molecule has 0 aliphatic carbocycles. The third kappa shape index (κ3) is 2.93. The highest BCUT2D eigenvalue weighted by molar-refractivity contribution is 9.10. The number of methoxy groups -OCH3 is 1. The fourth-order valence-electron chi connectivity index (χ4n) is 1.51. The Kier molecular flexibility index (Phi) is 4.13. The second-order valence-corrected chi connectivity index (χ2v) is 4.96. The molecular weight excluding hydrogens is 258 g/mol. The summed E-state index contributed by atoms with van der Waals surface area (Å²) in [6, 6.07) is 5.94. The predicted molar refractivity (Wildman–Crippen MR) is 63.9 cm³/mol. The van der Waals surface area contributed by atoms with Crippen LogP contribution in [-0.4, -0.2) is 13.7 Å². The molecule has 2 N–H and O–H groups in total. The number of ether oxygens (including phenoxy) is 1. The first kappa shape index (κ1) is 12.5. The lowest BCUT2D eigenvalue weighted by Gasteiger charge is -2.25. The first-order valence-corrected chi connectivity index (χ1v) is 5.46. The van der Waals surface area contributed by atoms with Crippen LogP contribution in [0.4, 0.5) is 0 Å². The lowest BCUT2D eigenvalue weighted by atomic mass is 9.85. The first-order valence-electron chi connectivity index (χ1n) is 4.67. The van der Waals surface area contributed by atoms with E-state index in [-0.39, 0.29) is 5.41 Å². The van der Waals surface area contributed by atoms with Gasteiger partial charge in [-0.25, -0.2) is 5.90 Å². The Hall–Kier alpha value is -0.580. The van der Waals surface area contributed by atoms with Crippen molar-refractivity contribution in [1.82, 2.24) is 0 Å². The van der Waals surface area contributed by atoms with E-state index in [1.807, 2.05) is 18.2 Å². The van der Waals surface area contributed by atoms with Crippen molar-refractivity contribution in [2.75, 3.05) is 13.7 Å². The van der Waals surface area contributed by atoms with Crippen LogP contribution in [0.15, 0.2) is 22.7 Å². The fourth-order valence-corrected chi connectivity index (χ4v) is 1.85.